The van der Waals surface area contributed by atoms with Gasteiger partial charge in [0.2, 0.25) is 0 Å². The van der Waals surface area contributed by atoms with Crippen molar-refractivity contribution >= 4 is 29.9 Å². The van der Waals surface area contributed by atoms with E-state index in [9.17, 15) is 0 Å². The fourth-order valence-corrected chi connectivity index (χ4v) is 3.32. The lowest BCUT2D eigenvalue weighted by atomic mass is 9.89. The first-order valence-electron chi connectivity index (χ1n) is 10.6. The summed E-state index contributed by atoms with van der Waals surface area (Å²) in [5.41, 5.74) is 1.26. The van der Waals surface area contributed by atoms with Gasteiger partial charge in [0.25, 0.3) is 0 Å². The molecule has 0 radical (unpaired) electrons. The van der Waals surface area contributed by atoms with E-state index in [1.807, 2.05) is 0 Å². The molecule has 2 rings (SSSR count). The summed E-state index contributed by atoms with van der Waals surface area (Å²) in [7, 11) is 0. The standard InChI is InChI=1S/C22H37N3O2.HI/c1-3-5-15-26-16-10-14-24-22(23-4-2)25-18-20-13-9-17-27-21(20)19-11-7-6-8-12-19;/h6-8,11-12,20-21H,3-5,9-10,13-18H2,1-2H3,(H2,23,24,25);1H. The number of halogens is 1. The third-order valence-corrected chi connectivity index (χ3v) is 4.80. The molecule has 2 atom stereocenters. The van der Waals surface area contributed by atoms with E-state index in [0.29, 0.717) is 5.92 Å². The average molecular weight is 503 g/mol. The molecule has 5 nitrogen and oxygen atoms in total. The van der Waals surface area contributed by atoms with Crippen LogP contribution >= 0.6 is 24.0 Å². The molecule has 0 aromatic heterocycles. The second-order valence-electron chi connectivity index (χ2n) is 7.07. The Morgan fingerprint density at radius 1 is 1.14 bits per heavy atom. The number of guanidine groups is 1. The third kappa shape index (κ3) is 9.56. The number of unbranched alkanes of at least 4 members (excludes halogenated alkanes) is 1. The normalized spacial score (nSPS) is 19.7. The summed E-state index contributed by atoms with van der Waals surface area (Å²) in [5, 5.41) is 6.77. The number of nitrogens with one attached hydrogen (secondary N) is 2. The zero-order valence-electron chi connectivity index (χ0n) is 17.5. The van der Waals surface area contributed by atoms with Gasteiger partial charge in [-0.05, 0) is 38.2 Å². The van der Waals surface area contributed by atoms with E-state index in [1.165, 1.54) is 12.0 Å². The van der Waals surface area contributed by atoms with Crippen molar-refractivity contribution in [1.82, 2.24) is 10.6 Å². The molecule has 1 aromatic rings. The van der Waals surface area contributed by atoms with Gasteiger partial charge in [0.1, 0.15) is 0 Å². The predicted molar refractivity (Wildman–Crippen MR) is 128 cm³/mol. The summed E-state index contributed by atoms with van der Waals surface area (Å²) in [5.74, 6) is 1.32. The van der Waals surface area contributed by atoms with Crippen LogP contribution in [0.5, 0.6) is 0 Å². The average Bonchev–Trinajstić information content (AvgIpc) is 2.72. The zero-order chi connectivity index (χ0) is 19.2. The Hall–Kier alpha value is -0.860. The maximum absolute atomic E-state index is 6.09. The minimum atomic E-state index is 0. The van der Waals surface area contributed by atoms with Crippen LogP contribution in [-0.4, -0.2) is 45.4 Å². The van der Waals surface area contributed by atoms with Gasteiger partial charge in [0.05, 0.1) is 6.10 Å². The van der Waals surface area contributed by atoms with Crippen molar-refractivity contribution < 1.29 is 9.47 Å². The highest BCUT2D eigenvalue weighted by atomic mass is 127. The van der Waals surface area contributed by atoms with E-state index >= 15 is 0 Å². The maximum atomic E-state index is 6.09. The SMILES string of the molecule is CCCCOCCCNC(=NCC1CCCOC1c1ccccc1)NCC.I. The van der Waals surface area contributed by atoms with Crippen LogP contribution in [0.15, 0.2) is 35.3 Å². The Kier molecular flexibility index (Phi) is 14.4. The van der Waals surface area contributed by atoms with Gasteiger partial charge in [-0.1, -0.05) is 43.7 Å². The van der Waals surface area contributed by atoms with Crippen LogP contribution in [0.25, 0.3) is 0 Å². The number of nitrogens with zero attached hydrogens (tertiary/aromatic N) is 1. The molecule has 1 heterocycles. The molecule has 0 spiro atoms. The third-order valence-electron chi connectivity index (χ3n) is 4.80. The van der Waals surface area contributed by atoms with Crippen LogP contribution in [-0.2, 0) is 9.47 Å². The van der Waals surface area contributed by atoms with Crippen LogP contribution in [0, 0.1) is 5.92 Å². The van der Waals surface area contributed by atoms with Crippen LogP contribution in [0.2, 0.25) is 0 Å². The molecule has 1 saturated heterocycles. The second kappa shape index (κ2) is 16.0. The van der Waals surface area contributed by atoms with Gasteiger partial charge in [0.15, 0.2) is 5.96 Å². The van der Waals surface area contributed by atoms with Crippen molar-refractivity contribution in [2.24, 2.45) is 10.9 Å². The number of ether oxygens (including phenoxy) is 2. The summed E-state index contributed by atoms with van der Waals surface area (Å²) >= 11 is 0. The molecule has 28 heavy (non-hydrogen) atoms. The van der Waals surface area contributed by atoms with Gasteiger partial charge in [-0.2, -0.15) is 0 Å². The first-order valence-corrected chi connectivity index (χ1v) is 10.6. The Morgan fingerprint density at radius 3 is 2.68 bits per heavy atom. The fraction of sp³-hybridized carbons (Fsp3) is 0.682. The number of hydrogen-bond acceptors (Lipinski definition) is 3. The van der Waals surface area contributed by atoms with E-state index < -0.39 is 0 Å². The lowest BCUT2D eigenvalue weighted by Gasteiger charge is -2.31. The highest BCUT2D eigenvalue weighted by Crippen LogP contribution is 2.33. The monoisotopic (exact) mass is 503 g/mol. The summed E-state index contributed by atoms with van der Waals surface area (Å²) in [6.45, 7) is 9.32. The van der Waals surface area contributed by atoms with E-state index in [2.05, 4.69) is 54.8 Å². The highest BCUT2D eigenvalue weighted by molar-refractivity contribution is 14.0. The van der Waals surface area contributed by atoms with E-state index in [4.69, 9.17) is 14.5 Å². The van der Waals surface area contributed by atoms with Crippen molar-refractivity contribution in [3.05, 3.63) is 35.9 Å². The molecule has 0 saturated carbocycles. The lowest BCUT2D eigenvalue weighted by molar-refractivity contribution is -0.0250. The topological polar surface area (TPSA) is 54.9 Å². The van der Waals surface area contributed by atoms with Gasteiger partial charge in [-0.25, -0.2) is 0 Å². The molecular weight excluding hydrogens is 465 g/mol. The van der Waals surface area contributed by atoms with Crippen molar-refractivity contribution in [3.8, 4) is 0 Å². The second-order valence-corrected chi connectivity index (χ2v) is 7.07. The first-order chi connectivity index (χ1) is 13.3. The molecule has 6 heteroatoms. The molecule has 1 aliphatic rings. The predicted octanol–water partition coefficient (Wildman–Crippen LogP) is 4.53. The molecule has 1 aliphatic heterocycles. The largest absolute Gasteiger partial charge is 0.381 e. The summed E-state index contributed by atoms with van der Waals surface area (Å²) in [6, 6.07) is 10.5. The molecule has 2 unspecified atom stereocenters. The van der Waals surface area contributed by atoms with E-state index in [-0.39, 0.29) is 30.1 Å². The Balaban J connectivity index is 0.00000392. The van der Waals surface area contributed by atoms with Crippen molar-refractivity contribution in [1.29, 1.82) is 0 Å². The number of hydrogen-bond donors (Lipinski definition) is 2. The van der Waals surface area contributed by atoms with Crippen molar-refractivity contribution in [2.75, 3.05) is 39.5 Å². The summed E-state index contributed by atoms with van der Waals surface area (Å²) in [6.07, 6.45) is 5.75. The fourth-order valence-electron chi connectivity index (χ4n) is 3.32. The Labute approximate surface area is 188 Å². The number of aliphatic imine (C=N–C) groups is 1. The van der Waals surface area contributed by atoms with Crippen molar-refractivity contribution in [2.45, 2.75) is 52.1 Å². The van der Waals surface area contributed by atoms with Crippen LogP contribution < -0.4 is 10.6 Å². The Morgan fingerprint density at radius 2 is 1.93 bits per heavy atom. The zero-order valence-corrected chi connectivity index (χ0v) is 19.8. The smallest absolute Gasteiger partial charge is 0.191 e. The quantitative estimate of drug-likeness (QED) is 0.202. The Bertz CT molecular complexity index is 528. The van der Waals surface area contributed by atoms with Crippen LogP contribution in [0.1, 0.15) is 57.6 Å². The van der Waals surface area contributed by atoms with Gasteiger partial charge in [-0.15, -0.1) is 24.0 Å². The van der Waals surface area contributed by atoms with Gasteiger partial charge < -0.3 is 20.1 Å². The molecule has 2 N–H and O–H groups in total. The van der Waals surface area contributed by atoms with Crippen LogP contribution in [0.3, 0.4) is 0 Å². The molecule has 0 bridgehead atoms. The number of rotatable bonds is 11. The maximum Gasteiger partial charge on any atom is 0.191 e. The molecule has 0 amide bonds. The highest BCUT2D eigenvalue weighted by Gasteiger charge is 2.27. The minimum absolute atomic E-state index is 0. The number of benzene rings is 1. The van der Waals surface area contributed by atoms with Gasteiger partial charge >= 0.3 is 0 Å². The van der Waals surface area contributed by atoms with Crippen LogP contribution in [0.4, 0.5) is 0 Å². The molecule has 160 valence electrons. The summed E-state index contributed by atoms with van der Waals surface area (Å²) < 4.78 is 11.7. The molecular formula is C22H38IN3O2. The first kappa shape index (κ1) is 25.2. The lowest BCUT2D eigenvalue weighted by Crippen LogP contribution is -2.39. The van der Waals surface area contributed by atoms with Crippen molar-refractivity contribution in [3.63, 3.8) is 0 Å². The van der Waals surface area contributed by atoms with E-state index in [0.717, 1.165) is 71.1 Å². The molecule has 1 aromatic carbocycles. The molecule has 0 aliphatic carbocycles. The minimum Gasteiger partial charge on any atom is -0.381 e. The summed E-state index contributed by atoms with van der Waals surface area (Å²) in [4.78, 5) is 4.83. The van der Waals surface area contributed by atoms with E-state index in [1.54, 1.807) is 0 Å². The van der Waals surface area contributed by atoms with Gasteiger partial charge in [-0.3, -0.25) is 4.99 Å². The molecule has 1 fully saturated rings. The van der Waals surface area contributed by atoms with Gasteiger partial charge in [0, 0.05) is 45.4 Å².